The predicted octanol–water partition coefficient (Wildman–Crippen LogP) is 4.01. The molecule has 2 N–H and O–H groups in total. The second-order valence-corrected chi connectivity index (χ2v) is 11.1. The third-order valence-electron chi connectivity index (χ3n) is 5.10. The van der Waals surface area contributed by atoms with Gasteiger partial charge in [-0.2, -0.15) is 13.2 Å². The van der Waals surface area contributed by atoms with Crippen LogP contribution in [0, 0.1) is 0 Å². The van der Waals surface area contributed by atoms with Gasteiger partial charge in [0.05, 0.1) is 20.8 Å². The fourth-order valence-corrected chi connectivity index (χ4v) is 5.06. The highest BCUT2D eigenvalue weighted by atomic mass is 32.2. The molecule has 1 aromatic heterocycles. The summed E-state index contributed by atoms with van der Waals surface area (Å²) in [7, 11) is -7.79. The van der Waals surface area contributed by atoms with Crippen molar-refractivity contribution >= 4 is 30.9 Å². The number of halogens is 3. The minimum absolute atomic E-state index is 0.0693. The summed E-state index contributed by atoms with van der Waals surface area (Å²) in [5.74, 6) is 0.554. The number of benzene rings is 3. The zero-order valence-corrected chi connectivity index (χ0v) is 19.6. The average molecular weight is 526 g/mol. The van der Waals surface area contributed by atoms with Gasteiger partial charge in [-0.15, -0.1) is 0 Å². The van der Waals surface area contributed by atoms with Gasteiger partial charge in [0.15, 0.2) is 0 Å². The van der Waals surface area contributed by atoms with Crippen LogP contribution in [0.1, 0.15) is 5.82 Å². The van der Waals surface area contributed by atoms with Gasteiger partial charge >= 0.3 is 5.51 Å². The van der Waals surface area contributed by atoms with E-state index < -0.39 is 30.3 Å². The van der Waals surface area contributed by atoms with Crippen LogP contribution in [0.3, 0.4) is 0 Å². The molecule has 4 rings (SSSR count). The number of nitrogens with zero attached hydrogens (tertiary/aromatic N) is 1. The van der Waals surface area contributed by atoms with Gasteiger partial charge in [0, 0.05) is 5.56 Å². The van der Waals surface area contributed by atoms with Crippen molar-refractivity contribution in [2.24, 2.45) is 0 Å². The summed E-state index contributed by atoms with van der Waals surface area (Å²) >= 11 is 0. The first-order chi connectivity index (χ1) is 16.4. The summed E-state index contributed by atoms with van der Waals surface area (Å²) in [6.45, 7) is -0.0693. The van der Waals surface area contributed by atoms with Crippen molar-refractivity contribution in [3.05, 3.63) is 72.6 Å². The number of nitrogens with one attached hydrogen (secondary N) is 2. The number of hydrogen-bond acceptors (Lipinski definition) is 6. The van der Waals surface area contributed by atoms with Crippen molar-refractivity contribution in [1.29, 1.82) is 0 Å². The number of aromatic nitrogens is 2. The molecule has 13 heteroatoms. The minimum Gasteiger partial charge on any atom is -0.486 e. The van der Waals surface area contributed by atoms with Gasteiger partial charge in [-0.05, 0) is 55.1 Å². The Hall–Kier alpha value is -3.42. The van der Waals surface area contributed by atoms with Crippen LogP contribution < -0.4 is 9.46 Å². The fraction of sp³-hybridized carbons (Fsp3) is 0.136. The molecule has 0 fully saturated rings. The van der Waals surface area contributed by atoms with E-state index in [0.717, 1.165) is 24.3 Å². The normalized spacial score (nSPS) is 12.7. The summed E-state index contributed by atoms with van der Waals surface area (Å²) in [5.41, 5.74) is -3.05. The molecule has 0 unspecified atom stereocenters. The molecule has 0 spiro atoms. The predicted molar refractivity (Wildman–Crippen MR) is 122 cm³/mol. The smallest absolute Gasteiger partial charge is 0.486 e. The molecule has 8 nitrogen and oxygen atoms in total. The average Bonchev–Trinajstić information content (AvgIpc) is 3.24. The molecule has 1 heterocycles. The second kappa shape index (κ2) is 8.98. The highest BCUT2D eigenvalue weighted by Gasteiger charge is 2.46. The standard InChI is InChI=1S/C22H18F3N3O5S2/c1-26-35(31,32)20-5-3-2-4-17(20)14-6-11-18-19(12-14)28-21(27-18)13-33-15-7-9-16(10-8-15)34(29,30)22(23,24)25/h2-12,26H,13H2,1H3,(H,27,28). The van der Waals surface area contributed by atoms with E-state index in [9.17, 15) is 30.0 Å². The maximum atomic E-state index is 12.7. The van der Waals surface area contributed by atoms with E-state index in [2.05, 4.69) is 14.7 Å². The molecule has 0 amide bonds. The molecular formula is C22H18F3N3O5S2. The van der Waals surface area contributed by atoms with Gasteiger partial charge < -0.3 is 9.72 Å². The van der Waals surface area contributed by atoms with Gasteiger partial charge in [-0.1, -0.05) is 24.3 Å². The lowest BCUT2D eigenvalue weighted by Crippen LogP contribution is -2.23. The fourth-order valence-electron chi connectivity index (χ4n) is 3.34. The monoisotopic (exact) mass is 525 g/mol. The van der Waals surface area contributed by atoms with E-state index in [-0.39, 0.29) is 17.3 Å². The van der Waals surface area contributed by atoms with Crippen LogP contribution in [0.5, 0.6) is 5.75 Å². The summed E-state index contributed by atoms with van der Waals surface area (Å²) in [4.78, 5) is 6.71. The molecular weight excluding hydrogens is 507 g/mol. The Morgan fingerprint density at radius 2 is 1.66 bits per heavy atom. The lowest BCUT2D eigenvalue weighted by atomic mass is 10.1. The number of sulfone groups is 1. The van der Waals surface area contributed by atoms with Crippen LogP contribution in [-0.2, 0) is 26.5 Å². The van der Waals surface area contributed by atoms with Crippen LogP contribution in [0.2, 0.25) is 0 Å². The van der Waals surface area contributed by atoms with Crippen molar-refractivity contribution in [1.82, 2.24) is 14.7 Å². The lowest BCUT2D eigenvalue weighted by Gasteiger charge is -2.09. The van der Waals surface area contributed by atoms with E-state index in [1.807, 2.05) is 0 Å². The summed E-state index contributed by atoms with van der Waals surface area (Å²) in [6.07, 6.45) is 0. The van der Waals surface area contributed by atoms with Crippen molar-refractivity contribution < 1.29 is 34.7 Å². The number of hydrogen-bond donors (Lipinski definition) is 2. The quantitative estimate of drug-likeness (QED) is 0.377. The van der Waals surface area contributed by atoms with Crippen LogP contribution in [0.25, 0.3) is 22.2 Å². The van der Waals surface area contributed by atoms with Crippen molar-refractivity contribution in [2.45, 2.75) is 21.9 Å². The largest absolute Gasteiger partial charge is 0.501 e. The van der Waals surface area contributed by atoms with Gasteiger partial charge in [-0.25, -0.2) is 26.5 Å². The van der Waals surface area contributed by atoms with Crippen molar-refractivity contribution in [2.75, 3.05) is 7.05 Å². The Labute approximate surface area is 198 Å². The molecule has 0 aliphatic rings. The molecule has 0 saturated heterocycles. The molecule has 0 aliphatic carbocycles. The first-order valence-corrected chi connectivity index (χ1v) is 12.9. The maximum absolute atomic E-state index is 12.7. The molecule has 3 aromatic carbocycles. The SMILES string of the molecule is CNS(=O)(=O)c1ccccc1-c1ccc2[nH]c(COc3ccc(S(=O)(=O)C(F)(F)F)cc3)nc2c1. The van der Waals surface area contributed by atoms with Gasteiger partial charge in [0.25, 0.3) is 9.84 Å². The Bertz CT molecular complexity index is 1600. The highest BCUT2D eigenvalue weighted by Crippen LogP contribution is 2.32. The Morgan fingerprint density at radius 1 is 0.971 bits per heavy atom. The molecule has 0 saturated carbocycles. The summed E-state index contributed by atoms with van der Waals surface area (Å²) in [6, 6.07) is 15.6. The number of ether oxygens (including phenoxy) is 1. The number of H-pyrrole nitrogens is 1. The maximum Gasteiger partial charge on any atom is 0.501 e. The Morgan fingerprint density at radius 3 is 2.31 bits per heavy atom. The zero-order valence-electron chi connectivity index (χ0n) is 18.0. The van der Waals surface area contributed by atoms with Crippen LogP contribution in [0.15, 0.2) is 76.5 Å². The first-order valence-electron chi connectivity index (χ1n) is 9.98. The van der Waals surface area contributed by atoms with Crippen LogP contribution >= 0.6 is 0 Å². The second-order valence-electron chi connectivity index (χ2n) is 7.33. The van der Waals surface area contributed by atoms with Crippen LogP contribution in [0.4, 0.5) is 13.2 Å². The molecule has 0 bridgehead atoms. The molecule has 35 heavy (non-hydrogen) atoms. The first kappa shape index (κ1) is 24.7. The van der Waals surface area contributed by atoms with E-state index in [4.69, 9.17) is 4.74 Å². The van der Waals surface area contributed by atoms with Crippen LogP contribution in [-0.4, -0.2) is 39.4 Å². The molecule has 0 aliphatic heterocycles. The van der Waals surface area contributed by atoms with Crippen molar-refractivity contribution in [3.63, 3.8) is 0 Å². The summed E-state index contributed by atoms with van der Waals surface area (Å²) in [5, 5.41) is 0. The lowest BCUT2D eigenvalue weighted by molar-refractivity contribution is -0.0436. The highest BCUT2D eigenvalue weighted by molar-refractivity contribution is 7.92. The number of aromatic amines is 1. The number of sulfonamides is 1. The topological polar surface area (TPSA) is 118 Å². The zero-order chi connectivity index (χ0) is 25.4. The van der Waals surface area contributed by atoms with E-state index in [0.29, 0.717) is 28.0 Å². The Kier molecular flexibility index (Phi) is 6.34. The Balaban J connectivity index is 1.55. The number of rotatable bonds is 7. The molecule has 0 radical (unpaired) electrons. The molecule has 184 valence electrons. The number of alkyl halides is 3. The summed E-state index contributed by atoms with van der Waals surface area (Å²) < 4.78 is 93.4. The van der Waals surface area contributed by atoms with E-state index in [1.54, 1.807) is 36.4 Å². The number of imidazole rings is 1. The van der Waals surface area contributed by atoms with E-state index >= 15 is 0 Å². The third kappa shape index (κ3) is 4.88. The number of fused-ring (bicyclic) bond motifs is 1. The van der Waals surface area contributed by atoms with Gasteiger partial charge in [-0.3, -0.25) is 0 Å². The van der Waals surface area contributed by atoms with Gasteiger partial charge in [0.2, 0.25) is 10.0 Å². The van der Waals surface area contributed by atoms with Gasteiger partial charge in [0.1, 0.15) is 18.2 Å². The molecule has 0 atom stereocenters. The minimum atomic E-state index is -5.43. The molecule has 4 aromatic rings. The third-order valence-corrected chi connectivity index (χ3v) is 8.08. The van der Waals surface area contributed by atoms with Crippen molar-refractivity contribution in [3.8, 4) is 16.9 Å². The van der Waals surface area contributed by atoms with E-state index in [1.165, 1.54) is 13.1 Å².